The van der Waals surface area contributed by atoms with Crippen molar-refractivity contribution < 1.29 is 14.6 Å². The van der Waals surface area contributed by atoms with Gasteiger partial charge in [-0.05, 0) is 24.6 Å². The average molecular weight is 289 g/mol. The summed E-state index contributed by atoms with van der Waals surface area (Å²) < 4.78 is 5.53. The van der Waals surface area contributed by atoms with E-state index in [0.717, 1.165) is 0 Å². The van der Waals surface area contributed by atoms with Crippen LogP contribution in [0.25, 0.3) is 0 Å². The van der Waals surface area contributed by atoms with E-state index in [9.17, 15) is 20.2 Å². The molecule has 8 heteroatoms. The van der Waals surface area contributed by atoms with Crippen molar-refractivity contribution in [3.8, 4) is 11.5 Å². The van der Waals surface area contributed by atoms with E-state index in [4.69, 9.17) is 10.5 Å². The molecular weight excluding hydrogens is 278 g/mol. The van der Waals surface area contributed by atoms with Gasteiger partial charge in [-0.2, -0.15) is 0 Å². The van der Waals surface area contributed by atoms with Crippen molar-refractivity contribution in [2.45, 2.75) is 6.92 Å². The van der Waals surface area contributed by atoms with E-state index in [1.165, 1.54) is 36.4 Å². The Morgan fingerprint density at radius 3 is 2.29 bits per heavy atom. The molecule has 0 saturated carbocycles. The summed E-state index contributed by atoms with van der Waals surface area (Å²) in [5, 5.41) is 21.3. The molecule has 0 aliphatic carbocycles. The van der Waals surface area contributed by atoms with E-state index >= 15 is 0 Å². The molecule has 0 bridgehead atoms. The maximum atomic E-state index is 10.7. The maximum absolute atomic E-state index is 10.7. The van der Waals surface area contributed by atoms with Crippen LogP contribution in [0.5, 0.6) is 11.5 Å². The van der Waals surface area contributed by atoms with Crippen molar-refractivity contribution in [2.75, 3.05) is 5.73 Å². The highest BCUT2D eigenvalue weighted by atomic mass is 16.6. The monoisotopic (exact) mass is 289 g/mol. The van der Waals surface area contributed by atoms with E-state index in [2.05, 4.69) is 0 Å². The lowest BCUT2D eigenvalue weighted by atomic mass is 10.2. The standard InChI is InChI=1S/C13H11N3O5/c1-8-6-9(15(17)18)2-5-13(8)21-10-3-4-12(16(19)20)11(14)7-10/h2-7H,14H2,1H3. The van der Waals surface area contributed by atoms with Gasteiger partial charge in [0.05, 0.1) is 9.85 Å². The van der Waals surface area contributed by atoms with Gasteiger partial charge < -0.3 is 10.5 Å². The van der Waals surface area contributed by atoms with Crippen LogP contribution >= 0.6 is 0 Å². The Balaban J connectivity index is 2.28. The van der Waals surface area contributed by atoms with Gasteiger partial charge in [0.15, 0.2) is 0 Å². The number of hydrogen-bond acceptors (Lipinski definition) is 6. The Kier molecular flexibility index (Phi) is 3.70. The molecule has 0 atom stereocenters. The van der Waals surface area contributed by atoms with Gasteiger partial charge in [-0.1, -0.05) is 0 Å². The van der Waals surface area contributed by atoms with E-state index in [1.54, 1.807) is 6.92 Å². The first-order valence-corrected chi connectivity index (χ1v) is 5.85. The SMILES string of the molecule is Cc1cc([N+](=O)[O-])ccc1Oc1ccc([N+](=O)[O-])c(N)c1. The zero-order valence-electron chi connectivity index (χ0n) is 11.0. The van der Waals surface area contributed by atoms with Crippen LogP contribution in [-0.4, -0.2) is 9.85 Å². The molecule has 0 heterocycles. The number of ether oxygens (including phenoxy) is 1. The lowest BCUT2D eigenvalue weighted by Gasteiger charge is -2.09. The van der Waals surface area contributed by atoms with Crippen molar-refractivity contribution in [1.82, 2.24) is 0 Å². The van der Waals surface area contributed by atoms with Gasteiger partial charge in [0.1, 0.15) is 17.2 Å². The Hall–Kier alpha value is -3.16. The summed E-state index contributed by atoms with van der Waals surface area (Å²) in [4.78, 5) is 20.2. The number of nitro benzene ring substituents is 2. The lowest BCUT2D eigenvalue weighted by Crippen LogP contribution is -1.96. The number of nitrogens with two attached hydrogens (primary N) is 1. The third-order valence-electron chi connectivity index (χ3n) is 2.79. The number of aryl methyl sites for hydroxylation is 1. The first-order chi connectivity index (χ1) is 9.88. The molecule has 108 valence electrons. The predicted molar refractivity (Wildman–Crippen MR) is 75.4 cm³/mol. The van der Waals surface area contributed by atoms with Crippen molar-refractivity contribution in [1.29, 1.82) is 0 Å². The number of rotatable bonds is 4. The number of benzene rings is 2. The molecule has 0 saturated heterocycles. The van der Waals surface area contributed by atoms with Gasteiger partial charge >= 0.3 is 0 Å². The zero-order chi connectivity index (χ0) is 15.6. The minimum absolute atomic E-state index is 0.0166. The van der Waals surface area contributed by atoms with Gasteiger partial charge in [0.2, 0.25) is 0 Å². The minimum atomic E-state index is -0.587. The van der Waals surface area contributed by atoms with Crippen LogP contribution < -0.4 is 10.5 Å². The Bertz CT molecular complexity index is 730. The molecule has 2 aromatic rings. The molecule has 0 radical (unpaired) electrons. The largest absolute Gasteiger partial charge is 0.457 e. The van der Waals surface area contributed by atoms with Crippen molar-refractivity contribution in [3.05, 3.63) is 62.2 Å². The second kappa shape index (κ2) is 5.45. The van der Waals surface area contributed by atoms with Gasteiger partial charge in [-0.15, -0.1) is 0 Å². The van der Waals surface area contributed by atoms with Gasteiger partial charge in [0, 0.05) is 24.3 Å². The van der Waals surface area contributed by atoms with Crippen LogP contribution in [0.3, 0.4) is 0 Å². The van der Waals surface area contributed by atoms with Crippen LogP contribution in [0.2, 0.25) is 0 Å². The summed E-state index contributed by atoms with van der Waals surface area (Å²) in [5.74, 6) is 0.726. The van der Waals surface area contributed by atoms with Crippen LogP contribution in [-0.2, 0) is 0 Å². The quantitative estimate of drug-likeness (QED) is 0.524. The molecule has 0 unspecified atom stereocenters. The topological polar surface area (TPSA) is 122 Å². The summed E-state index contributed by atoms with van der Waals surface area (Å²) in [6.45, 7) is 1.66. The highest BCUT2D eigenvalue weighted by Gasteiger charge is 2.13. The van der Waals surface area contributed by atoms with E-state index in [1.807, 2.05) is 0 Å². The van der Waals surface area contributed by atoms with Crippen molar-refractivity contribution >= 4 is 17.1 Å². The Labute approximate surface area is 119 Å². The Morgan fingerprint density at radius 2 is 1.76 bits per heavy atom. The molecule has 2 N–H and O–H groups in total. The third kappa shape index (κ3) is 3.06. The molecule has 2 rings (SSSR count). The van der Waals surface area contributed by atoms with Crippen LogP contribution in [0.1, 0.15) is 5.56 Å². The normalized spacial score (nSPS) is 10.1. The first kappa shape index (κ1) is 14.3. The molecule has 2 aromatic carbocycles. The van der Waals surface area contributed by atoms with E-state index in [-0.39, 0.29) is 17.1 Å². The number of anilines is 1. The molecule has 0 fully saturated rings. The lowest BCUT2D eigenvalue weighted by molar-refractivity contribution is -0.384. The fourth-order valence-electron chi connectivity index (χ4n) is 1.75. The summed E-state index contributed by atoms with van der Waals surface area (Å²) in [6, 6.07) is 8.14. The average Bonchev–Trinajstić information content (AvgIpc) is 2.40. The number of hydrogen-bond donors (Lipinski definition) is 1. The molecule has 0 aliphatic rings. The summed E-state index contributed by atoms with van der Waals surface area (Å²) in [6.07, 6.45) is 0. The number of nitro groups is 2. The smallest absolute Gasteiger partial charge is 0.292 e. The second-order valence-electron chi connectivity index (χ2n) is 4.29. The number of nitrogens with zero attached hydrogens (tertiary/aromatic N) is 2. The minimum Gasteiger partial charge on any atom is -0.457 e. The summed E-state index contributed by atoms with van der Waals surface area (Å²) in [5.41, 5.74) is 5.88. The molecule has 8 nitrogen and oxygen atoms in total. The second-order valence-corrected chi connectivity index (χ2v) is 4.29. The molecule has 0 aromatic heterocycles. The number of non-ortho nitro benzene ring substituents is 1. The fourth-order valence-corrected chi connectivity index (χ4v) is 1.75. The van der Waals surface area contributed by atoms with Crippen LogP contribution in [0.4, 0.5) is 17.1 Å². The maximum Gasteiger partial charge on any atom is 0.292 e. The highest BCUT2D eigenvalue weighted by molar-refractivity contribution is 5.61. The predicted octanol–water partition coefficient (Wildman–Crippen LogP) is 3.19. The van der Waals surface area contributed by atoms with E-state index < -0.39 is 9.85 Å². The van der Waals surface area contributed by atoms with Gasteiger partial charge in [-0.25, -0.2) is 0 Å². The van der Waals surface area contributed by atoms with Crippen LogP contribution in [0.15, 0.2) is 36.4 Å². The summed E-state index contributed by atoms with van der Waals surface area (Å²) in [7, 11) is 0. The van der Waals surface area contributed by atoms with Gasteiger partial charge in [-0.3, -0.25) is 20.2 Å². The summed E-state index contributed by atoms with van der Waals surface area (Å²) >= 11 is 0. The molecule has 0 aliphatic heterocycles. The first-order valence-electron chi connectivity index (χ1n) is 5.85. The van der Waals surface area contributed by atoms with Crippen molar-refractivity contribution in [3.63, 3.8) is 0 Å². The van der Waals surface area contributed by atoms with E-state index in [0.29, 0.717) is 17.1 Å². The highest BCUT2D eigenvalue weighted by Crippen LogP contribution is 2.31. The zero-order valence-corrected chi connectivity index (χ0v) is 11.0. The van der Waals surface area contributed by atoms with Crippen LogP contribution in [0, 0.1) is 27.2 Å². The molecule has 0 spiro atoms. The molecular formula is C13H11N3O5. The molecule has 0 amide bonds. The molecule has 21 heavy (non-hydrogen) atoms. The van der Waals surface area contributed by atoms with Crippen molar-refractivity contribution in [2.24, 2.45) is 0 Å². The third-order valence-corrected chi connectivity index (χ3v) is 2.79. The fraction of sp³-hybridized carbons (Fsp3) is 0.0769. The number of nitrogen functional groups attached to an aromatic ring is 1. The Morgan fingerprint density at radius 1 is 1.05 bits per heavy atom. The van der Waals surface area contributed by atoms with Gasteiger partial charge in [0.25, 0.3) is 11.4 Å².